The van der Waals surface area contributed by atoms with Crippen LogP contribution in [0.15, 0.2) is 18.2 Å². The Morgan fingerprint density at radius 2 is 1.80 bits per heavy atom. The third-order valence-electron chi connectivity index (χ3n) is 4.85. The van der Waals surface area contributed by atoms with Gasteiger partial charge in [-0.15, -0.1) is 0 Å². The number of hydrogen-bond donors (Lipinski definition) is 2. The van der Waals surface area contributed by atoms with E-state index in [1.54, 1.807) is 13.8 Å². The Hall–Kier alpha value is -2.13. The van der Waals surface area contributed by atoms with E-state index in [0.29, 0.717) is 6.42 Å². The van der Waals surface area contributed by atoms with Gasteiger partial charge >= 0.3 is 12.3 Å². The zero-order valence-corrected chi connectivity index (χ0v) is 17.5. The summed E-state index contributed by atoms with van der Waals surface area (Å²) in [5.74, 6) is -0.827. The second-order valence-electron chi connectivity index (χ2n) is 8.58. The van der Waals surface area contributed by atoms with Crippen LogP contribution in [-0.2, 0) is 15.7 Å². The Morgan fingerprint density at radius 3 is 2.30 bits per heavy atom. The van der Waals surface area contributed by atoms with Crippen molar-refractivity contribution < 1.29 is 37.3 Å². The summed E-state index contributed by atoms with van der Waals surface area (Å²) in [4.78, 5) is 24.5. The van der Waals surface area contributed by atoms with E-state index in [9.17, 15) is 22.8 Å². The van der Waals surface area contributed by atoms with Gasteiger partial charge in [0, 0.05) is 22.6 Å². The predicted octanol–water partition coefficient (Wildman–Crippen LogP) is 5.03. The van der Waals surface area contributed by atoms with Gasteiger partial charge in [0.2, 0.25) is 0 Å². The van der Waals surface area contributed by atoms with Crippen LogP contribution in [0.25, 0.3) is 0 Å². The molecule has 1 aromatic rings. The van der Waals surface area contributed by atoms with Gasteiger partial charge in [-0.2, -0.15) is 13.2 Å². The van der Waals surface area contributed by atoms with Gasteiger partial charge in [-0.25, -0.2) is 4.79 Å². The number of benzene rings is 1. The van der Waals surface area contributed by atoms with Crippen LogP contribution in [0, 0.1) is 11.8 Å². The number of carbonyl (C=O) groups excluding carboxylic acids is 1. The quantitative estimate of drug-likeness (QED) is 0.564. The van der Waals surface area contributed by atoms with Gasteiger partial charge in [0.25, 0.3) is 0 Å². The molecular formula is C21H28F3NO5. The monoisotopic (exact) mass is 431 g/mol. The average molecular weight is 431 g/mol. The zero-order chi connectivity index (χ0) is 22.7. The number of carbonyl (C=O) groups is 2. The molecule has 0 aromatic heterocycles. The van der Waals surface area contributed by atoms with Gasteiger partial charge < -0.3 is 19.9 Å². The van der Waals surface area contributed by atoms with E-state index in [2.05, 4.69) is 5.32 Å². The molecule has 6 nitrogen and oxygen atoms in total. The van der Waals surface area contributed by atoms with Crippen LogP contribution in [0.4, 0.5) is 18.0 Å². The maximum absolute atomic E-state index is 13.4. The molecule has 2 N–H and O–H groups in total. The van der Waals surface area contributed by atoms with Gasteiger partial charge in [-0.1, -0.05) is 19.9 Å². The minimum absolute atomic E-state index is 0.0464. The van der Waals surface area contributed by atoms with Crippen molar-refractivity contribution >= 4 is 11.9 Å². The molecule has 1 aromatic carbocycles. The summed E-state index contributed by atoms with van der Waals surface area (Å²) >= 11 is 0. The van der Waals surface area contributed by atoms with Crippen LogP contribution in [0.1, 0.15) is 68.3 Å². The molecule has 9 heteroatoms. The molecule has 30 heavy (non-hydrogen) atoms. The van der Waals surface area contributed by atoms with Crippen LogP contribution < -0.4 is 5.32 Å². The van der Waals surface area contributed by atoms with Gasteiger partial charge in [0.15, 0.2) is 12.1 Å². The molecule has 168 valence electrons. The molecule has 0 unspecified atom stereocenters. The number of rotatable bonds is 8. The highest BCUT2D eigenvalue weighted by atomic mass is 19.4. The third-order valence-corrected chi connectivity index (χ3v) is 4.85. The van der Waals surface area contributed by atoms with Crippen molar-refractivity contribution in [2.45, 2.75) is 58.5 Å². The molecule has 0 spiro atoms. The van der Waals surface area contributed by atoms with Gasteiger partial charge in [-0.3, -0.25) is 4.79 Å². The molecule has 1 heterocycles. The molecule has 1 fully saturated rings. The first-order chi connectivity index (χ1) is 13.8. The van der Waals surface area contributed by atoms with Crippen molar-refractivity contribution in [2.24, 2.45) is 11.8 Å². The second kappa shape index (κ2) is 9.34. The number of amides is 1. The fourth-order valence-electron chi connectivity index (χ4n) is 3.72. The number of halogens is 3. The summed E-state index contributed by atoms with van der Waals surface area (Å²) in [7, 11) is 0. The first kappa shape index (κ1) is 24.1. The molecule has 1 saturated heterocycles. The lowest BCUT2D eigenvalue weighted by molar-refractivity contribution is -0.137. The summed E-state index contributed by atoms with van der Waals surface area (Å²) < 4.78 is 50.5. The van der Waals surface area contributed by atoms with Crippen molar-refractivity contribution in [3.05, 3.63) is 34.9 Å². The summed E-state index contributed by atoms with van der Waals surface area (Å²) in [6.07, 6.45) is -6.17. The molecule has 1 aliphatic heterocycles. The molecule has 0 aliphatic carbocycles. The van der Waals surface area contributed by atoms with E-state index in [0.717, 1.165) is 18.2 Å². The van der Waals surface area contributed by atoms with E-state index < -0.39 is 35.6 Å². The van der Waals surface area contributed by atoms with Crippen LogP contribution in [0.3, 0.4) is 0 Å². The van der Waals surface area contributed by atoms with Crippen molar-refractivity contribution in [3.8, 4) is 0 Å². The molecule has 1 amide bonds. The Morgan fingerprint density at radius 1 is 1.20 bits per heavy atom. The van der Waals surface area contributed by atoms with E-state index in [1.807, 2.05) is 13.8 Å². The maximum atomic E-state index is 13.4. The minimum Gasteiger partial charge on any atom is -0.465 e. The molecule has 0 saturated carbocycles. The number of Topliss-reactive ketones (excluding diaryl/α,β-unsaturated/α-hetero) is 1. The molecule has 0 radical (unpaired) electrons. The van der Waals surface area contributed by atoms with Crippen LogP contribution >= 0.6 is 0 Å². The van der Waals surface area contributed by atoms with Crippen LogP contribution in [-0.4, -0.2) is 35.7 Å². The minimum atomic E-state index is -4.57. The Labute approximate surface area is 173 Å². The fraction of sp³-hybridized carbons (Fsp3) is 0.619. The smallest absolute Gasteiger partial charge is 0.416 e. The normalized spacial score (nSPS) is 16.7. The lowest BCUT2D eigenvalue weighted by atomic mass is 9.80. The number of nitrogens with one attached hydrogen (secondary N) is 1. The summed E-state index contributed by atoms with van der Waals surface area (Å²) in [5, 5.41) is 11.5. The Bertz CT molecular complexity index is 770. The molecular weight excluding hydrogens is 403 g/mol. The van der Waals surface area contributed by atoms with Crippen LogP contribution in [0.2, 0.25) is 0 Å². The van der Waals surface area contributed by atoms with Gasteiger partial charge in [-0.05, 0) is 44.7 Å². The standard InChI is InChI=1S/C21H28F3NO5/c1-12(2)9-13(11-20(3,4)25-19(27)28)17(26)15-6-5-14(21(22,23)24)10-16(15)18-29-7-8-30-18/h5-6,10,12-13,18,25H,7-9,11H2,1-4H3,(H,27,28)/t13-/m1/s1. The molecule has 1 aliphatic rings. The van der Waals surface area contributed by atoms with Gasteiger partial charge in [0.1, 0.15) is 0 Å². The largest absolute Gasteiger partial charge is 0.465 e. The number of ketones is 1. The van der Waals surface area contributed by atoms with E-state index in [4.69, 9.17) is 14.6 Å². The van der Waals surface area contributed by atoms with Crippen molar-refractivity contribution in [1.82, 2.24) is 5.32 Å². The summed E-state index contributed by atoms with van der Waals surface area (Å²) in [6.45, 7) is 7.62. The molecule has 2 rings (SSSR count). The molecule has 1 atom stereocenters. The van der Waals surface area contributed by atoms with Crippen molar-refractivity contribution in [3.63, 3.8) is 0 Å². The first-order valence-corrected chi connectivity index (χ1v) is 9.80. The summed E-state index contributed by atoms with van der Waals surface area (Å²) in [6, 6.07) is 2.94. The van der Waals surface area contributed by atoms with Crippen LogP contribution in [0.5, 0.6) is 0 Å². The highest BCUT2D eigenvalue weighted by Gasteiger charge is 2.36. The lowest BCUT2D eigenvalue weighted by Gasteiger charge is -2.30. The third kappa shape index (κ3) is 6.43. The van der Waals surface area contributed by atoms with Crippen molar-refractivity contribution in [2.75, 3.05) is 13.2 Å². The van der Waals surface area contributed by atoms with E-state index in [1.165, 1.54) is 0 Å². The van der Waals surface area contributed by atoms with Crippen molar-refractivity contribution in [1.29, 1.82) is 0 Å². The molecule has 0 bridgehead atoms. The average Bonchev–Trinajstić information content (AvgIpc) is 3.11. The maximum Gasteiger partial charge on any atom is 0.416 e. The SMILES string of the molecule is CC(C)C[C@H](CC(C)(C)NC(=O)O)C(=O)c1ccc(C(F)(F)F)cc1C1OCCO1. The second-order valence-corrected chi connectivity index (χ2v) is 8.58. The van der Waals surface area contributed by atoms with E-state index >= 15 is 0 Å². The fourth-order valence-corrected chi connectivity index (χ4v) is 3.72. The number of hydrogen-bond acceptors (Lipinski definition) is 4. The predicted molar refractivity (Wildman–Crippen MR) is 103 cm³/mol. The van der Waals surface area contributed by atoms with E-state index in [-0.39, 0.29) is 42.5 Å². The topological polar surface area (TPSA) is 84.9 Å². The number of alkyl halides is 3. The summed E-state index contributed by atoms with van der Waals surface area (Å²) in [5.41, 5.74) is -1.63. The number of ether oxygens (including phenoxy) is 2. The Kier molecular flexibility index (Phi) is 7.52. The van der Waals surface area contributed by atoms with Gasteiger partial charge in [0.05, 0.1) is 18.8 Å². The Balaban J connectivity index is 2.44. The zero-order valence-electron chi connectivity index (χ0n) is 17.5. The lowest BCUT2D eigenvalue weighted by Crippen LogP contribution is -2.45. The highest BCUT2D eigenvalue weighted by molar-refractivity contribution is 5.99. The number of carboxylic acid groups (broad SMARTS) is 1. The highest BCUT2D eigenvalue weighted by Crippen LogP contribution is 2.36. The first-order valence-electron chi connectivity index (χ1n) is 9.80.